The van der Waals surface area contributed by atoms with Gasteiger partial charge in [-0.2, -0.15) is 0 Å². The number of fused-ring (bicyclic) bond motifs is 1. The van der Waals surface area contributed by atoms with E-state index in [9.17, 15) is 8.78 Å². The lowest BCUT2D eigenvalue weighted by Gasteiger charge is -2.14. The predicted molar refractivity (Wildman–Crippen MR) is 103 cm³/mol. The van der Waals surface area contributed by atoms with E-state index >= 15 is 0 Å². The van der Waals surface area contributed by atoms with Crippen LogP contribution in [0.3, 0.4) is 0 Å². The number of anilines is 1. The number of aromatic nitrogens is 2. The second kappa shape index (κ2) is 7.95. The molecule has 3 aromatic rings. The lowest BCUT2D eigenvalue weighted by Crippen LogP contribution is -2.25. The zero-order valence-corrected chi connectivity index (χ0v) is 15.3. The summed E-state index contributed by atoms with van der Waals surface area (Å²) in [5.74, 6) is 0.538. The smallest absolute Gasteiger partial charge is 0.395 e. The van der Waals surface area contributed by atoms with Crippen molar-refractivity contribution in [2.45, 2.75) is 12.3 Å². The molecule has 6 nitrogen and oxygen atoms in total. The van der Waals surface area contributed by atoms with E-state index in [1.165, 1.54) is 18.5 Å². The number of halogens is 3. The van der Waals surface area contributed by atoms with Crippen molar-refractivity contribution in [3.05, 3.63) is 66.5 Å². The van der Waals surface area contributed by atoms with Gasteiger partial charge in [0.2, 0.25) is 0 Å². The molecule has 0 unspecified atom stereocenters. The quantitative estimate of drug-likeness (QED) is 0.666. The molecular weight excluding hydrogens is 390 g/mol. The Morgan fingerprint density at radius 3 is 2.54 bits per heavy atom. The standard InChI is InChI=1S/C19H16F2N4O2.ClH/c20-19(21)26-16-7-6-13(8-17(16)27-19)15-9-18(25-11-24-15)23-10-14(22)12-4-2-1-3-5-12;/h1-9,11,14H,10,22H2,(H,23,24,25);1H/t14-;/m0./s1. The Hall–Kier alpha value is -2.97. The summed E-state index contributed by atoms with van der Waals surface area (Å²) in [5, 5.41) is 3.17. The molecule has 3 N–H and O–H groups in total. The van der Waals surface area contributed by atoms with E-state index in [1.807, 2.05) is 30.3 Å². The molecular formula is C19H17ClF2N4O2. The summed E-state index contributed by atoms with van der Waals surface area (Å²) in [4.78, 5) is 8.36. The molecule has 0 aliphatic carbocycles. The van der Waals surface area contributed by atoms with Gasteiger partial charge < -0.3 is 20.5 Å². The number of nitrogens with one attached hydrogen (secondary N) is 1. The topological polar surface area (TPSA) is 82.3 Å². The molecule has 28 heavy (non-hydrogen) atoms. The van der Waals surface area contributed by atoms with Gasteiger partial charge in [-0.15, -0.1) is 21.2 Å². The van der Waals surface area contributed by atoms with Gasteiger partial charge in [-0.1, -0.05) is 30.3 Å². The molecule has 1 aliphatic heterocycles. The highest BCUT2D eigenvalue weighted by atomic mass is 35.5. The van der Waals surface area contributed by atoms with Crippen molar-refractivity contribution in [2.24, 2.45) is 5.73 Å². The Morgan fingerprint density at radius 2 is 1.75 bits per heavy atom. The van der Waals surface area contributed by atoms with Crippen LogP contribution in [0.1, 0.15) is 11.6 Å². The molecule has 0 saturated carbocycles. The van der Waals surface area contributed by atoms with Crippen molar-refractivity contribution >= 4 is 18.2 Å². The maximum absolute atomic E-state index is 13.2. The van der Waals surface area contributed by atoms with Gasteiger partial charge in [0, 0.05) is 24.2 Å². The number of rotatable bonds is 5. The highest BCUT2D eigenvalue weighted by Gasteiger charge is 2.43. The third-order valence-electron chi connectivity index (χ3n) is 4.09. The summed E-state index contributed by atoms with van der Waals surface area (Å²) in [6.07, 6.45) is -2.25. The summed E-state index contributed by atoms with van der Waals surface area (Å²) in [7, 11) is 0. The molecule has 0 saturated heterocycles. The lowest BCUT2D eigenvalue weighted by atomic mass is 10.1. The minimum atomic E-state index is -3.65. The monoisotopic (exact) mass is 406 g/mol. The molecule has 0 fully saturated rings. The van der Waals surface area contributed by atoms with Gasteiger partial charge in [-0.25, -0.2) is 9.97 Å². The van der Waals surface area contributed by atoms with Crippen LogP contribution < -0.4 is 20.5 Å². The summed E-state index contributed by atoms with van der Waals surface area (Å²) >= 11 is 0. The molecule has 1 atom stereocenters. The first kappa shape index (κ1) is 19.8. The van der Waals surface area contributed by atoms with Crippen LogP contribution in [-0.4, -0.2) is 22.8 Å². The number of nitrogens with two attached hydrogens (primary N) is 1. The Morgan fingerprint density at radius 1 is 1.00 bits per heavy atom. The second-order valence-corrected chi connectivity index (χ2v) is 6.02. The molecule has 1 aliphatic rings. The van der Waals surface area contributed by atoms with Crippen LogP contribution in [0.25, 0.3) is 11.3 Å². The SMILES string of the molecule is Cl.N[C@@H](CNc1cc(-c2ccc3c(c2)OC(F)(F)O3)ncn1)c1ccccc1. The van der Waals surface area contributed by atoms with E-state index in [4.69, 9.17) is 5.73 Å². The van der Waals surface area contributed by atoms with Crippen LogP contribution in [-0.2, 0) is 0 Å². The second-order valence-electron chi connectivity index (χ2n) is 6.02. The Kier molecular flexibility index (Phi) is 5.62. The fourth-order valence-electron chi connectivity index (χ4n) is 2.75. The third kappa shape index (κ3) is 4.29. The van der Waals surface area contributed by atoms with E-state index in [0.29, 0.717) is 23.6 Å². The lowest BCUT2D eigenvalue weighted by molar-refractivity contribution is -0.286. The zero-order valence-electron chi connectivity index (χ0n) is 14.5. The first-order valence-corrected chi connectivity index (χ1v) is 8.27. The maximum atomic E-state index is 13.2. The molecule has 146 valence electrons. The Bertz CT molecular complexity index is 960. The van der Waals surface area contributed by atoms with E-state index in [1.54, 1.807) is 12.1 Å². The molecule has 0 spiro atoms. The normalized spacial score (nSPS) is 14.8. The van der Waals surface area contributed by atoms with Gasteiger partial charge in [0.15, 0.2) is 11.5 Å². The molecule has 2 heterocycles. The highest BCUT2D eigenvalue weighted by molar-refractivity contribution is 5.85. The first-order chi connectivity index (χ1) is 13.0. The fourth-order valence-corrected chi connectivity index (χ4v) is 2.75. The van der Waals surface area contributed by atoms with Crippen molar-refractivity contribution in [1.29, 1.82) is 0 Å². The molecule has 1 aromatic heterocycles. The number of ether oxygens (including phenoxy) is 2. The molecule has 4 rings (SSSR count). The molecule has 9 heteroatoms. The largest absolute Gasteiger partial charge is 0.586 e. The van der Waals surface area contributed by atoms with Gasteiger partial charge in [0.05, 0.1) is 5.69 Å². The van der Waals surface area contributed by atoms with Gasteiger partial charge in [0.1, 0.15) is 12.1 Å². The fraction of sp³-hybridized carbons (Fsp3) is 0.158. The summed E-state index contributed by atoms with van der Waals surface area (Å²) < 4.78 is 35.2. The summed E-state index contributed by atoms with van der Waals surface area (Å²) in [6.45, 7) is 0.480. The van der Waals surface area contributed by atoms with Crippen molar-refractivity contribution in [2.75, 3.05) is 11.9 Å². The van der Waals surface area contributed by atoms with Crippen molar-refractivity contribution in [1.82, 2.24) is 9.97 Å². The average Bonchev–Trinajstić information content (AvgIpc) is 3.00. The summed E-state index contributed by atoms with van der Waals surface area (Å²) in [5.41, 5.74) is 8.34. The Labute approximate surface area is 166 Å². The van der Waals surface area contributed by atoms with Gasteiger partial charge >= 0.3 is 6.29 Å². The number of hydrogen-bond donors (Lipinski definition) is 2. The van der Waals surface area contributed by atoms with Crippen molar-refractivity contribution in [3.8, 4) is 22.8 Å². The molecule has 2 aromatic carbocycles. The maximum Gasteiger partial charge on any atom is 0.586 e. The molecule has 0 bridgehead atoms. The predicted octanol–water partition coefficient (Wildman–Crippen LogP) is 4.00. The van der Waals surface area contributed by atoms with Crippen LogP contribution in [0.2, 0.25) is 0 Å². The third-order valence-corrected chi connectivity index (χ3v) is 4.09. The van der Waals surface area contributed by atoms with Gasteiger partial charge in [-0.05, 0) is 23.8 Å². The van der Waals surface area contributed by atoms with Gasteiger partial charge in [0.25, 0.3) is 0 Å². The van der Waals surface area contributed by atoms with Crippen molar-refractivity contribution < 1.29 is 18.3 Å². The number of nitrogens with zero attached hydrogens (tertiary/aromatic N) is 2. The number of alkyl halides is 2. The van der Waals surface area contributed by atoms with E-state index in [0.717, 1.165) is 5.56 Å². The van der Waals surface area contributed by atoms with E-state index in [-0.39, 0.29) is 29.9 Å². The molecule has 0 amide bonds. The number of benzene rings is 2. The van der Waals surface area contributed by atoms with Crippen LogP contribution in [0.4, 0.5) is 14.6 Å². The van der Waals surface area contributed by atoms with E-state index < -0.39 is 6.29 Å². The van der Waals surface area contributed by atoms with Crippen molar-refractivity contribution in [3.63, 3.8) is 0 Å². The minimum Gasteiger partial charge on any atom is -0.395 e. The van der Waals surface area contributed by atoms with Crippen LogP contribution in [0, 0.1) is 0 Å². The average molecular weight is 407 g/mol. The summed E-state index contributed by atoms with van der Waals surface area (Å²) in [6, 6.07) is 15.7. The zero-order chi connectivity index (χ0) is 18.9. The Balaban J connectivity index is 0.00000225. The molecule has 0 radical (unpaired) electrons. The number of hydrogen-bond acceptors (Lipinski definition) is 6. The first-order valence-electron chi connectivity index (χ1n) is 8.27. The highest BCUT2D eigenvalue weighted by Crippen LogP contribution is 2.42. The van der Waals surface area contributed by atoms with Crippen LogP contribution >= 0.6 is 12.4 Å². The minimum absolute atomic E-state index is 0. The van der Waals surface area contributed by atoms with Crippen LogP contribution in [0.5, 0.6) is 11.5 Å². The van der Waals surface area contributed by atoms with Crippen LogP contribution in [0.15, 0.2) is 60.9 Å². The van der Waals surface area contributed by atoms with E-state index in [2.05, 4.69) is 24.8 Å². The van der Waals surface area contributed by atoms with Gasteiger partial charge in [-0.3, -0.25) is 0 Å².